The van der Waals surface area contributed by atoms with Crippen molar-refractivity contribution in [2.75, 3.05) is 12.4 Å². The minimum Gasteiger partial charge on any atom is -0.495 e. The van der Waals surface area contributed by atoms with E-state index in [4.69, 9.17) is 22.1 Å². The molecule has 0 aromatic heterocycles. The predicted octanol–water partition coefficient (Wildman–Crippen LogP) is 2.97. The average Bonchev–Trinajstić information content (AvgIpc) is 2.33. The number of rotatable bonds is 5. The fraction of sp³-hybridized carbons (Fsp3) is 0.500. The Morgan fingerprint density at radius 1 is 1.47 bits per heavy atom. The van der Waals surface area contributed by atoms with E-state index in [0.29, 0.717) is 16.5 Å². The molecule has 106 valence electrons. The third-order valence-electron chi connectivity index (χ3n) is 3.03. The molecule has 4 nitrogen and oxygen atoms in total. The molecule has 0 radical (unpaired) electrons. The molecule has 0 saturated heterocycles. The molecule has 1 unspecified atom stereocenters. The van der Waals surface area contributed by atoms with Crippen LogP contribution in [0.1, 0.15) is 25.8 Å². The molecule has 0 saturated carbocycles. The van der Waals surface area contributed by atoms with Crippen LogP contribution in [0.3, 0.4) is 0 Å². The van der Waals surface area contributed by atoms with Crippen LogP contribution in [0.25, 0.3) is 0 Å². The van der Waals surface area contributed by atoms with Gasteiger partial charge in [-0.1, -0.05) is 25.4 Å². The zero-order valence-electron chi connectivity index (χ0n) is 11.8. The van der Waals surface area contributed by atoms with E-state index >= 15 is 0 Å². The molecule has 0 aliphatic carbocycles. The summed E-state index contributed by atoms with van der Waals surface area (Å²) < 4.78 is 5.20. The molecule has 1 amide bonds. The number of nitrogens with one attached hydrogen (secondary N) is 1. The van der Waals surface area contributed by atoms with Crippen LogP contribution in [-0.2, 0) is 4.79 Å². The highest BCUT2D eigenvalue weighted by atomic mass is 35.5. The second-order valence-corrected chi connectivity index (χ2v) is 5.37. The summed E-state index contributed by atoms with van der Waals surface area (Å²) in [5.74, 6) is 0.683. The first-order chi connectivity index (χ1) is 8.85. The number of aryl methyl sites for hydroxylation is 1. The summed E-state index contributed by atoms with van der Waals surface area (Å²) in [7, 11) is 1.54. The van der Waals surface area contributed by atoms with Gasteiger partial charge in [0.2, 0.25) is 5.91 Å². The van der Waals surface area contributed by atoms with Gasteiger partial charge in [-0.15, -0.1) is 0 Å². The molecule has 0 aliphatic rings. The van der Waals surface area contributed by atoms with E-state index in [1.165, 1.54) is 7.11 Å². The van der Waals surface area contributed by atoms with Crippen LogP contribution in [0.4, 0.5) is 5.69 Å². The molecule has 1 aromatic carbocycles. The summed E-state index contributed by atoms with van der Waals surface area (Å²) in [6.07, 6.45) is 0.280. The number of carbonyl (C=O) groups is 1. The molecule has 0 bridgehead atoms. The summed E-state index contributed by atoms with van der Waals surface area (Å²) >= 11 is 6.01. The Kier molecular flexibility index (Phi) is 5.63. The number of amides is 1. The van der Waals surface area contributed by atoms with E-state index in [9.17, 15) is 4.79 Å². The first-order valence-electron chi connectivity index (χ1n) is 6.24. The van der Waals surface area contributed by atoms with Crippen molar-refractivity contribution in [2.45, 2.75) is 33.2 Å². The SMILES string of the molecule is COc1cc(Cl)c(C)cc1NC(=O)CC(N)C(C)C. The van der Waals surface area contributed by atoms with Gasteiger partial charge in [0, 0.05) is 23.6 Å². The number of hydrogen-bond donors (Lipinski definition) is 2. The predicted molar refractivity (Wildman–Crippen MR) is 78.8 cm³/mol. The summed E-state index contributed by atoms with van der Waals surface area (Å²) in [5, 5.41) is 3.42. The van der Waals surface area contributed by atoms with Crippen LogP contribution in [0.15, 0.2) is 12.1 Å². The highest BCUT2D eigenvalue weighted by Crippen LogP contribution is 2.31. The quantitative estimate of drug-likeness (QED) is 0.874. The summed E-state index contributed by atoms with van der Waals surface area (Å²) in [6.45, 7) is 5.85. The number of nitrogens with two attached hydrogens (primary N) is 1. The van der Waals surface area contributed by atoms with E-state index in [-0.39, 0.29) is 24.3 Å². The van der Waals surface area contributed by atoms with Crippen molar-refractivity contribution in [3.8, 4) is 5.75 Å². The Hall–Kier alpha value is -1.26. The van der Waals surface area contributed by atoms with Crippen LogP contribution in [-0.4, -0.2) is 19.1 Å². The maximum Gasteiger partial charge on any atom is 0.226 e. The molecule has 1 aromatic rings. The highest BCUT2D eigenvalue weighted by molar-refractivity contribution is 6.31. The number of benzene rings is 1. The summed E-state index contributed by atoms with van der Waals surface area (Å²) in [4.78, 5) is 11.9. The molecule has 5 heteroatoms. The van der Waals surface area contributed by atoms with Crippen LogP contribution in [0.5, 0.6) is 5.75 Å². The van der Waals surface area contributed by atoms with Gasteiger partial charge in [-0.2, -0.15) is 0 Å². The molecule has 1 rings (SSSR count). The second kappa shape index (κ2) is 6.78. The van der Waals surface area contributed by atoms with Crippen LogP contribution in [0.2, 0.25) is 5.02 Å². The van der Waals surface area contributed by atoms with E-state index in [1.54, 1.807) is 12.1 Å². The molecule has 1 atom stereocenters. The smallest absolute Gasteiger partial charge is 0.226 e. The molecular weight excluding hydrogens is 264 g/mol. The zero-order chi connectivity index (χ0) is 14.6. The van der Waals surface area contributed by atoms with Crippen molar-refractivity contribution in [3.63, 3.8) is 0 Å². The Morgan fingerprint density at radius 2 is 2.11 bits per heavy atom. The van der Waals surface area contributed by atoms with Crippen molar-refractivity contribution >= 4 is 23.2 Å². The minimum atomic E-state index is -0.153. The topological polar surface area (TPSA) is 64.3 Å². The maximum atomic E-state index is 11.9. The van der Waals surface area contributed by atoms with Crippen molar-refractivity contribution in [1.29, 1.82) is 0 Å². The number of hydrogen-bond acceptors (Lipinski definition) is 3. The van der Waals surface area contributed by atoms with Crippen LogP contribution in [0, 0.1) is 12.8 Å². The monoisotopic (exact) mass is 284 g/mol. The highest BCUT2D eigenvalue weighted by Gasteiger charge is 2.15. The molecule has 0 aliphatic heterocycles. The Morgan fingerprint density at radius 3 is 2.63 bits per heavy atom. The number of anilines is 1. The van der Waals surface area contributed by atoms with E-state index in [1.807, 2.05) is 20.8 Å². The van der Waals surface area contributed by atoms with Gasteiger partial charge in [-0.25, -0.2) is 0 Å². The first kappa shape index (κ1) is 15.8. The van der Waals surface area contributed by atoms with Gasteiger partial charge in [-0.3, -0.25) is 4.79 Å². The number of halogens is 1. The van der Waals surface area contributed by atoms with Gasteiger partial charge < -0.3 is 15.8 Å². The van der Waals surface area contributed by atoms with Crippen LogP contribution >= 0.6 is 11.6 Å². The second-order valence-electron chi connectivity index (χ2n) is 4.96. The van der Waals surface area contributed by atoms with Crippen molar-refractivity contribution in [3.05, 3.63) is 22.7 Å². The molecule has 3 N–H and O–H groups in total. The van der Waals surface area contributed by atoms with Gasteiger partial charge in [0.15, 0.2) is 0 Å². The Bertz CT molecular complexity index is 461. The summed E-state index contributed by atoms with van der Waals surface area (Å²) in [6, 6.07) is 3.33. The van der Waals surface area contributed by atoms with Crippen LogP contribution < -0.4 is 15.8 Å². The third kappa shape index (κ3) is 4.40. The Balaban J connectivity index is 2.81. The standard InChI is InChI=1S/C14H21ClN2O2/c1-8(2)11(16)7-14(18)17-12-5-9(3)10(15)6-13(12)19-4/h5-6,8,11H,7,16H2,1-4H3,(H,17,18). The van der Waals surface area contributed by atoms with Crippen molar-refractivity contribution in [1.82, 2.24) is 0 Å². The largest absolute Gasteiger partial charge is 0.495 e. The minimum absolute atomic E-state index is 0.124. The van der Waals surface area contributed by atoms with E-state index in [2.05, 4.69) is 5.32 Å². The normalized spacial score (nSPS) is 12.4. The zero-order valence-corrected chi connectivity index (χ0v) is 12.5. The van der Waals surface area contributed by atoms with Gasteiger partial charge >= 0.3 is 0 Å². The maximum absolute atomic E-state index is 11.9. The van der Waals surface area contributed by atoms with Gasteiger partial charge in [0.25, 0.3) is 0 Å². The fourth-order valence-corrected chi connectivity index (χ4v) is 1.73. The van der Waals surface area contributed by atoms with E-state index in [0.717, 1.165) is 5.56 Å². The van der Waals surface area contributed by atoms with Gasteiger partial charge in [0.05, 0.1) is 12.8 Å². The molecule has 0 spiro atoms. The first-order valence-corrected chi connectivity index (χ1v) is 6.62. The molecule has 19 heavy (non-hydrogen) atoms. The number of methoxy groups -OCH3 is 1. The molecule has 0 heterocycles. The lowest BCUT2D eigenvalue weighted by Crippen LogP contribution is -2.31. The lowest BCUT2D eigenvalue weighted by Gasteiger charge is -2.16. The average molecular weight is 285 g/mol. The number of carbonyl (C=O) groups excluding carboxylic acids is 1. The lowest BCUT2D eigenvalue weighted by molar-refractivity contribution is -0.116. The van der Waals surface area contributed by atoms with E-state index < -0.39 is 0 Å². The lowest BCUT2D eigenvalue weighted by atomic mass is 10.0. The third-order valence-corrected chi connectivity index (χ3v) is 3.44. The summed E-state index contributed by atoms with van der Waals surface area (Å²) in [5.41, 5.74) is 7.38. The number of ether oxygens (including phenoxy) is 1. The van der Waals surface area contributed by atoms with Gasteiger partial charge in [-0.05, 0) is 24.5 Å². The molecule has 0 fully saturated rings. The van der Waals surface area contributed by atoms with Crippen molar-refractivity contribution < 1.29 is 9.53 Å². The Labute approximate surface area is 119 Å². The van der Waals surface area contributed by atoms with Crippen molar-refractivity contribution in [2.24, 2.45) is 11.7 Å². The molecular formula is C14H21ClN2O2. The van der Waals surface area contributed by atoms with Gasteiger partial charge in [0.1, 0.15) is 5.75 Å². The fourth-order valence-electron chi connectivity index (χ4n) is 1.58.